The highest BCUT2D eigenvalue weighted by Gasteiger charge is 2.32. The van der Waals surface area contributed by atoms with Crippen molar-refractivity contribution in [2.24, 2.45) is 11.7 Å². The molecule has 5 nitrogen and oxygen atoms in total. The van der Waals surface area contributed by atoms with Crippen molar-refractivity contribution < 1.29 is 19.1 Å². The van der Waals surface area contributed by atoms with E-state index in [0.29, 0.717) is 19.6 Å². The Hall–Kier alpha value is -0.940. The van der Waals surface area contributed by atoms with Crippen molar-refractivity contribution >= 4 is 11.8 Å². The van der Waals surface area contributed by atoms with Crippen molar-refractivity contribution in [1.29, 1.82) is 0 Å². The van der Waals surface area contributed by atoms with E-state index >= 15 is 0 Å². The van der Waals surface area contributed by atoms with Gasteiger partial charge in [0.1, 0.15) is 0 Å². The number of hydrogen-bond acceptors (Lipinski definition) is 5. The molecule has 0 aromatic heterocycles. The van der Waals surface area contributed by atoms with Crippen LogP contribution in [0.25, 0.3) is 0 Å². The Labute approximate surface area is 82.5 Å². The Morgan fingerprint density at radius 2 is 2.36 bits per heavy atom. The van der Waals surface area contributed by atoms with Gasteiger partial charge in [-0.25, -0.2) is 4.79 Å². The van der Waals surface area contributed by atoms with Crippen LogP contribution in [0.15, 0.2) is 0 Å². The first kappa shape index (κ1) is 11.1. The van der Waals surface area contributed by atoms with Gasteiger partial charge in [-0.05, 0) is 13.3 Å². The number of Topliss-reactive ketones (excluding diaryl/α,β-unsaturated/α-hetero) is 1. The molecular formula is C9H15NO4. The molecule has 0 aliphatic carbocycles. The summed E-state index contributed by atoms with van der Waals surface area (Å²) in [4.78, 5) is 22.7. The predicted molar refractivity (Wildman–Crippen MR) is 48.5 cm³/mol. The van der Waals surface area contributed by atoms with E-state index in [0.717, 1.165) is 0 Å². The molecule has 1 heterocycles. The first-order valence-corrected chi connectivity index (χ1v) is 4.70. The number of hydrogen-bond donors (Lipinski definition) is 1. The van der Waals surface area contributed by atoms with E-state index in [1.54, 1.807) is 6.92 Å². The lowest BCUT2D eigenvalue weighted by atomic mass is 9.98. The standard InChI is InChI=1S/C9H15NO4/c1-2-14-9(12)7(10)8(11)6-3-4-13-5-6/h6-7H,2-5,10H2,1H3. The molecule has 0 bridgehead atoms. The number of carbonyl (C=O) groups is 2. The summed E-state index contributed by atoms with van der Waals surface area (Å²) in [6.07, 6.45) is 0.645. The van der Waals surface area contributed by atoms with Crippen LogP contribution >= 0.6 is 0 Å². The van der Waals surface area contributed by atoms with Crippen LogP contribution < -0.4 is 5.73 Å². The lowest BCUT2D eigenvalue weighted by molar-refractivity contribution is -0.148. The van der Waals surface area contributed by atoms with Gasteiger partial charge < -0.3 is 15.2 Å². The first-order chi connectivity index (χ1) is 6.66. The van der Waals surface area contributed by atoms with Gasteiger partial charge in [-0.1, -0.05) is 0 Å². The summed E-state index contributed by atoms with van der Waals surface area (Å²) in [6, 6.07) is -1.15. The van der Waals surface area contributed by atoms with E-state index in [9.17, 15) is 9.59 Å². The highest BCUT2D eigenvalue weighted by Crippen LogP contribution is 2.14. The van der Waals surface area contributed by atoms with Crippen molar-refractivity contribution in [1.82, 2.24) is 0 Å². The van der Waals surface area contributed by atoms with Gasteiger partial charge in [-0.3, -0.25) is 4.79 Å². The third kappa shape index (κ3) is 2.52. The quantitative estimate of drug-likeness (QED) is 0.489. The van der Waals surface area contributed by atoms with Crippen molar-refractivity contribution in [2.45, 2.75) is 19.4 Å². The fourth-order valence-corrected chi connectivity index (χ4v) is 1.36. The summed E-state index contributed by atoms with van der Waals surface area (Å²) in [5.74, 6) is -1.17. The molecule has 80 valence electrons. The average molecular weight is 201 g/mol. The summed E-state index contributed by atoms with van der Waals surface area (Å²) < 4.78 is 9.70. The smallest absolute Gasteiger partial charge is 0.330 e. The molecule has 0 radical (unpaired) electrons. The van der Waals surface area contributed by atoms with Gasteiger partial charge in [-0.2, -0.15) is 0 Å². The summed E-state index contributed by atoms with van der Waals surface area (Å²) in [7, 11) is 0. The topological polar surface area (TPSA) is 78.6 Å². The Morgan fingerprint density at radius 3 is 2.86 bits per heavy atom. The molecule has 2 unspecified atom stereocenters. The average Bonchev–Trinajstić information content (AvgIpc) is 2.68. The molecule has 0 aromatic carbocycles. The van der Waals surface area contributed by atoms with Crippen LogP contribution in [0.3, 0.4) is 0 Å². The fraction of sp³-hybridized carbons (Fsp3) is 0.778. The number of ether oxygens (including phenoxy) is 2. The van der Waals surface area contributed by atoms with Gasteiger partial charge in [0.05, 0.1) is 13.2 Å². The second kappa shape index (κ2) is 5.07. The van der Waals surface area contributed by atoms with E-state index in [4.69, 9.17) is 10.5 Å². The van der Waals surface area contributed by atoms with Crippen LogP contribution in [0.5, 0.6) is 0 Å². The monoisotopic (exact) mass is 201 g/mol. The molecule has 0 saturated carbocycles. The van der Waals surface area contributed by atoms with Gasteiger partial charge >= 0.3 is 5.97 Å². The number of esters is 1. The number of nitrogens with two attached hydrogens (primary N) is 1. The SMILES string of the molecule is CCOC(=O)C(N)C(=O)C1CCOC1. The summed E-state index contributed by atoms with van der Waals surface area (Å²) in [5.41, 5.74) is 5.45. The molecule has 1 saturated heterocycles. The molecule has 14 heavy (non-hydrogen) atoms. The zero-order chi connectivity index (χ0) is 10.6. The minimum atomic E-state index is -1.15. The Bertz CT molecular complexity index is 223. The molecule has 2 atom stereocenters. The van der Waals surface area contributed by atoms with Crippen LogP contribution in [0.1, 0.15) is 13.3 Å². The molecule has 1 rings (SSSR count). The molecule has 1 fully saturated rings. The number of ketones is 1. The van der Waals surface area contributed by atoms with E-state index in [1.165, 1.54) is 0 Å². The van der Waals surface area contributed by atoms with Crippen LogP contribution in [-0.2, 0) is 19.1 Å². The third-order valence-corrected chi connectivity index (χ3v) is 2.18. The summed E-state index contributed by atoms with van der Waals surface area (Å²) >= 11 is 0. The summed E-state index contributed by atoms with van der Waals surface area (Å²) in [6.45, 7) is 2.84. The maximum Gasteiger partial charge on any atom is 0.330 e. The molecule has 1 aliphatic rings. The summed E-state index contributed by atoms with van der Waals surface area (Å²) in [5, 5.41) is 0. The maximum atomic E-state index is 11.6. The lowest BCUT2D eigenvalue weighted by Gasteiger charge is -2.12. The van der Waals surface area contributed by atoms with Gasteiger partial charge in [0.2, 0.25) is 0 Å². The Morgan fingerprint density at radius 1 is 1.64 bits per heavy atom. The molecule has 2 N–H and O–H groups in total. The van der Waals surface area contributed by atoms with Crippen molar-refractivity contribution in [3.63, 3.8) is 0 Å². The third-order valence-electron chi connectivity index (χ3n) is 2.18. The van der Waals surface area contributed by atoms with E-state index in [1.807, 2.05) is 0 Å². The Kier molecular flexibility index (Phi) is 4.03. The van der Waals surface area contributed by atoms with Crippen molar-refractivity contribution in [3.05, 3.63) is 0 Å². The fourth-order valence-electron chi connectivity index (χ4n) is 1.36. The van der Waals surface area contributed by atoms with E-state index in [2.05, 4.69) is 4.74 Å². The van der Waals surface area contributed by atoms with Crippen LogP contribution in [0.4, 0.5) is 0 Å². The second-order valence-corrected chi connectivity index (χ2v) is 3.19. The largest absolute Gasteiger partial charge is 0.464 e. The zero-order valence-electron chi connectivity index (χ0n) is 8.19. The van der Waals surface area contributed by atoms with Gasteiger partial charge in [0.25, 0.3) is 0 Å². The number of carbonyl (C=O) groups excluding carboxylic acids is 2. The molecular weight excluding hydrogens is 186 g/mol. The predicted octanol–water partition coefficient (Wildman–Crippen LogP) is -0.518. The molecule has 0 amide bonds. The molecule has 0 aromatic rings. The normalized spacial score (nSPS) is 23.1. The molecule has 5 heteroatoms. The Balaban J connectivity index is 2.46. The van der Waals surface area contributed by atoms with Crippen LogP contribution in [0.2, 0.25) is 0 Å². The van der Waals surface area contributed by atoms with Gasteiger partial charge in [0, 0.05) is 12.5 Å². The molecule has 0 spiro atoms. The number of rotatable bonds is 4. The zero-order valence-corrected chi connectivity index (χ0v) is 8.19. The lowest BCUT2D eigenvalue weighted by Crippen LogP contribution is -2.43. The van der Waals surface area contributed by atoms with Gasteiger partial charge in [0.15, 0.2) is 11.8 Å². The maximum absolute atomic E-state index is 11.6. The molecule has 1 aliphatic heterocycles. The second-order valence-electron chi connectivity index (χ2n) is 3.19. The van der Waals surface area contributed by atoms with Crippen molar-refractivity contribution in [3.8, 4) is 0 Å². The van der Waals surface area contributed by atoms with Crippen LogP contribution in [0, 0.1) is 5.92 Å². The van der Waals surface area contributed by atoms with E-state index < -0.39 is 12.0 Å². The minimum absolute atomic E-state index is 0.237. The minimum Gasteiger partial charge on any atom is -0.464 e. The van der Waals surface area contributed by atoms with Crippen LogP contribution in [-0.4, -0.2) is 37.6 Å². The first-order valence-electron chi connectivity index (χ1n) is 4.70. The van der Waals surface area contributed by atoms with Gasteiger partial charge in [-0.15, -0.1) is 0 Å². The highest BCUT2D eigenvalue weighted by atomic mass is 16.5. The highest BCUT2D eigenvalue weighted by molar-refractivity contribution is 6.04. The van der Waals surface area contributed by atoms with E-state index in [-0.39, 0.29) is 18.3 Å². The van der Waals surface area contributed by atoms with Crippen molar-refractivity contribution in [2.75, 3.05) is 19.8 Å².